The van der Waals surface area contributed by atoms with Gasteiger partial charge in [0, 0.05) is 5.92 Å². The van der Waals surface area contributed by atoms with Gasteiger partial charge in [0.2, 0.25) is 5.91 Å². The van der Waals surface area contributed by atoms with Crippen molar-refractivity contribution >= 4 is 17.8 Å². The number of carbonyl (C=O) groups is 3. The minimum atomic E-state index is -1.46. The number of nitrogens with one attached hydrogen (secondary N) is 1. The van der Waals surface area contributed by atoms with Crippen LogP contribution in [0.3, 0.4) is 0 Å². The van der Waals surface area contributed by atoms with Crippen LogP contribution in [0.4, 0.5) is 0 Å². The molecule has 0 aromatic carbocycles. The van der Waals surface area contributed by atoms with Gasteiger partial charge in [-0.05, 0) is 37.5 Å². The average molecular weight is 282 g/mol. The number of aliphatic carboxylic acids is 2. The van der Waals surface area contributed by atoms with Gasteiger partial charge in [-0.25, -0.2) is 4.79 Å². The topological polar surface area (TPSA) is 130 Å². The second-order valence-electron chi connectivity index (χ2n) is 6.51. The first-order valence-electron chi connectivity index (χ1n) is 6.79. The average Bonchev–Trinajstić information content (AvgIpc) is 3.17. The first kappa shape index (κ1) is 13.4. The molecular formula is C13H18N2O5. The number of carboxylic acid groups (broad SMARTS) is 2. The maximum Gasteiger partial charge on any atom is 0.329 e. The van der Waals surface area contributed by atoms with Gasteiger partial charge >= 0.3 is 11.9 Å². The van der Waals surface area contributed by atoms with E-state index >= 15 is 0 Å². The second kappa shape index (κ2) is 3.72. The Balaban J connectivity index is 1.94. The molecule has 5 atom stereocenters. The summed E-state index contributed by atoms with van der Waals surface area (Å²) in [5.41, 5.74) is 3.83. The van der Waals surface area contributed by atoms with E-state index in [1.165, 1.54) is 6.92 Å². The lowest BCUT2D eigenvalue weighted by molar-refractivity contribution is -0.150. The zero-order valence-corrected chi connectivity index (χ0v) is 11.1. The summed E-state index contributed by atoms with van der Waals surface area (Å²) in [5.74, 6) is -3.94. The van der Waals surface area contributed by atoms with E-state index in [1.54, 1.807) is 0 Å². The van der Waals surface area contributed by atoms with Crippen molar-refractivity contribution < 1.29 is 24.6 Å². The molecule has 1 amide bonds. The summed E-state index contributed by atoms with van der Waals surface area (Å²) in [6, 6.07) is -0.817. The predicted octanol–water partition coefficient (Wildman–Crippen LogP) is -0.596. The van der Waals surface area contributed by atoms with Crippen molar-refractivity contribution in [3.05, 3.63) is 0 Å². The van der Waals surface area contributed by atoms with Gasteiger partial charge in [0.25, 0.3) is 0 Å². The number of amides is 1. The van der Waals surface area contributed by atoms with Crippen molar-refractivity contribution in [1.29, 1.82) is 0 Å². The maximum absolute atomic E-state index is 11.8. The highest BCUT2D eigenvalue weighted by atomic mass is 16.4. The van der Waals surface area contributed by atoms with Crippen LogP contribution >= 0.6 is 0 Å². The van der Waals surface area contributed by atoms with Gasteiger partial charge in [-0.3, -0.25) is 9.59 Å². The first-order valence-corrected chi connectivity index (χ1v) is 6.79. The lowest BCUT2D eigenvalue weighted by Crippen LogP contribution is -2.59. The Morgan fingerprint density at radius 3 is 2.25 bits per heavy atom. The van der Waals surface area contributed by atoms with Crippen molar-refractivity contribution in [1.82, 2.24) is 5.32 Å². The van der Waals surface area contributed by atoms with E-state index < -0.39 is 41.3 Å². The quantitative estimate of drug-likeness (QED) is 0.545. The Morgan fingerprint density at radius 2 is 1.85 bits per heavy atom. The summed E-state index contributed by atoms with van der Waals surface area (Å²) in [7, 11) is 0. The van der Waals surface area contributed by atoms with Gasteiger partial charge in [-0.15, -0.1) is 0 Å². The van der Waals surface area contributed by atoms with Crippen molar-refractivity contribution in [3.8, 4) is 0 Å². The first-order chi connectivity index (χ1) is 9.25. The molecule has 7 nitrogen and oxygen atoms in total. The molecule has 0 saturated heterocycles. The van der Waals surface area contributed by atoms with Crippen molar-refractivity contribution in [3.63, 3.8) is 0 Å². The van der Waals surface area contributed by atoms with Gasteiger partial charge in [0.15, 0.2) is 0 Å². The molecule has 1 spiro atoms. The maximum atomic E-state index is 11.8. The van der Waals surface area contributed by atoms with Crippen molar-refractivity contribution in [2.45, 2.75) is 37.8 Å². The molecule has 7 heteroatoms. The van der Waals surface area contributed by atoms with Crippen molar-refractivity contribution in [2.75, 3.05) is 0 Å². The summed E-state index contributed by atoms with van der Waals surface area (Å²) in [4.78, 5) is 34.9. The molecular weight excluding hydrogens is 264 g/mol. The van der Waals surface area contributed by atoms with Crippen LogP contribution in [0.15, 0.2) is 0 Å². The molecule has 3 saturated carbocycles. The van der Waals surface area contributed by atoms with Gasteiger partial charge in [-0.2, -0.15) is 0 Å². The molecule has 3 fully saturated rings. The molecule has 3 aliphatic carbocycles. The minimum absolute atomic E-state index is 0.121. The molecule has 110 valence electrons. The highest BCUT2D eigenvalue weighted by Gasteiger charge is 2.82. The Hall–Kier alpha value is -1.63. The molecule has 0 aliphatic heterocycles. The summed E-state index contributed by atoms with van der Waals surface area (Å²) in [6.45, 7) is 1.48. The van der Waals surface area contributed by atoms with Gasteiger partial charge in [-0.1, -0.05) is 0 Å². The van der Waals surface area contributed by atoms with E-state index in [2.05, 4.69) is 5.32 Å². The molecule has 0 radical (unpaired) electrons. The fourth-order valence-corrected chi connectivity index (χ4v) is 4.19. The third-order valence-corrected chi connectivity index (χ3v) is 5.25. The van der Waals surface area contributed by atoms with Gasteiger partial charge in [0.05, 0.1) is 12.0 Å². The second-order valence-corrected chi connectivity index (χ2v) is 6.51. The molecule has 5 N–H and O–H groups in total. The number of carbonyl (C=O) groups excluding carboxylic acids is 1. The lowest BCUT2D eigenvalue weighted by Gasteiger charge is -2.31. The minimum Gasteiger partial charge on any atom is -0.481 e. The molecule has 0 bridgehead atoms. The molecule has 20 heavy (non-hydrogen) atoms. The third-order valence-electron chi connectivity index (χ3n) is 5.25. The molecule has 3 aliphatic rings. The van der Waals surface area contributed by atoms with E-state index in [4.69, 9.17) is 5.73 Å². The molecule has 0 aromatic heterocycles. The molecule has 4 unspecified atom stereocenters. The van der Waals surface area contributed by atoms with Gasteiger partial charge in [0.1, 0.15) is 5.54 Å². The van der Waals surface area contributed by atoms with Crippen LogP contribution in [0.5, 0.6) is 0 Å². The Bertz CT molecular complexity index is 513. The SMILES string of the molecule is C[C@H](N)C(=O)NC1(C(=O)O)CC2(CC2)C2C(C(=O)O)C21. The fourth-order valence-electron chi connectivity index (χ4n) is 4.19. The van der Waals surface area contributed by atoms with Crippen molar-refractivity contribution in [2.24, 2.45) is 28.9 Å². The summed E-state index contributed by atoms with van der Waals surface area (Å²) < 4.78 is 0. The number of fused-ring (bicyclic) bond motifs is 2. The highest BCUT2D eigenvalue weighted by Crippen LogP contribution is 2.78. The normalized spacial score (nSPS) is 40.8. The largest absolute Gasteiger partial charge is 0.481 e. The fraction of sp³-hybridized carbons (Fsp3) is 0.769. The summed E-state index contributed by atoms with van der Waals surface area (Å²) in [6.07, 6.45) is 2.02. The van der Waals surface area contributed by atoms with Crippen LogP contribution in [0.2, 0.25) is 0 Å². The number of hydrogen-bond donors (Lipinski definition) is 4. The third kappa shape index (κ3) is 1.52. The Labute approximate surface area is 115 Å². The molecule has 0 heterocycles. The number of nitrogens with two attached hydrogens (primary N) is 1. The highest BCUT2D eigenvalue weighted by molar-refractivity contribution is 5.92. The number of carboxylic acids is 2. The van der Waals surface area contributed by atoms with E-state index in [9.17, 15) is 24.6 Å². The standard InChI is InChI=1S/C13H18N2O5/c1-5(14)9(16)15-13(11(19)20)4-12(2-3-12)7-6(8(7)13)10(17)18/h5-8H,2-4,14H2,1H3,(H,15,16)(H,17,18)(H,19,20)/t5-,6?,7?,8?,13?/m0/s1. The molecule has 0 aromatic rings. The van der Waals surface area contributed by atoms with Crippen LogP contribution in [0.25, 0.3) is 0 Å². The zero-order valence-electron chi connectivity index (χ0n) is 11.1. The number of hydrogen-bond acceptors (Lipinski definition) is 4. The predicted molar refractivity (Wildman–Crippen MR) is 66.5 cm³/mol. The lowest BCUT2D eigenvalue weighted by atomic mass is 9.84. The van der Waals surface area contributed by atoms with E-state index in [0.29, 0.717) is 6.42 Å². The summed E-state index contributed by atoms with van der Waals surface area (Å²) in [5, 5.41) is 21.4. The summed E-state index contributed by atoms with van der Waals surface area (Å²) >= 11 is 0. The van der Waals surface area contributed by atoms with E-state index in [-0.39, 0.29) is 11.3 Å². The van der Waals surface area contributed by atoms with Crippen LogP contribution in [-0.2, 0) is 14.4 Å². The number of rotatable bonds is 4. The van der Waals surface area contributed by atoms with Crippen LogP contribution < -0.4 is 11.1 Å². The zero-order chi connectivity index (χ0) is 14.9. The van der Waals surface area contributed by atoms with Crippen LogP contribution in [0.1, 0.15) is 26.2 Å². The Kier molecular flexibility index (Phi) is 2.48. The van der Waals surface area contributed by atoms with Crippen LogP contribution in [0, 0.1) is 23.2 Å². The van der Waals surface area contributed by atoms with E-state index in [0.717, 1.165) is 12.8 Å². The van der Waals surface area contributed by atoms with Crippen LogP contribution in [-0.4, -0.2) is 39.6 Å². The molecule has 3 rings (SSSR count). The smallest absolute Gasteiger partial charge is 0.329 e. The van der Waals surface area contributed by atoms with Gasteiger partial charge < -0.3 is 21.3 Å². The monoisotopic (exact) mass is 282 g/mol. The Morgan fingerprint density at radius 1 is 1.25 bits per heavy atom. The van der Waals surface area contributed by atoms with E-state index in [1.807, 2.05) is 0 Å².